The van der Waals surface area contributed by atoms with Crippen LogP contribution in [0.4, 0.5) is 0 Å². The van der Waals surface area contributed by atoms with Crippen molar-refractivity contribution in [2.24, 2.45) is 0 Å². The molecule has 0 N–H and O–H groups in total. The van der Waals surface area contributed by atoms with Crippen molar-refractivity contribution < 1.29 is 9.53 Å². The first-order valence-electron chi connectivity index (χ1n) is 3.67. The molecule has 0 saturated carbocycles. The number of ether oxygens (including phenoxy) is 1. The van der Waals surface area contributed by atoms with Crippen LogP contribution in [0.5, 0.6) is 0 Å². The lowest BCUT2D eigenvalue weighted by atomic mass is 10.1. The molecular weight excluding hydrogens is 128 g/mol. The molecule has 1 heterocycles. The Morgan fingerprint density at radius 1 is 1.70 bits per heavy atom. The quantitative estimate of drug-likeness (QED) is 0.557. The average Bonchev–Trinajstić information content (AvgIpc) is 2.03. The van der Waals surface area contributed by atoms with Crippen molar-refractivity contribution in [1.29, 1.82) is 0 Å². The summed E-state index contributed by atoms with van der Waals surface area (Å²) in [4.78, 5) is 9.97. The Labute approximate surface area is 60.9 Å². The van der Waals surface area contributed by atoms with Gasteiger partial charge in [-0.05, 0) is 25.3 Å². The highest BCUT2D eigenvalue weighted by Crippen LogP contribution is 2.13. The maximum absolute atomic E-state index is 9.97. The molecule has 1 atom stereocenters. The van der Waals surface area contributed by atoms with Crippen LogP contribution in [-0.4, -0.2) is 12.4 Å². The molecule has 0 aliphatic carbocycles. The fraction of sp³-hybridized carbons (Fsp3) is 0.625. The zero-order chi connectivity index (χ0) is 7.23. The van der Waals surface area contributed by atoms with Gasteiger partial charge in [-0.2, -0.15) is 0 Å². The molecule has 0 bridgehead atoms. The van der Waals surface area contributed by atoms with E-state index in [-0.39, 0.29) is 6.10 Å². The summed E-state index contributed by atoms with van der Waals surface area (Å²) in [6, 6.07) is 0. The molecule has 1 unspecified atom stereocenters. The monoisotopic (exact) mass is 140 g/mol. The first-order valence-corrected chi connectivity index (χ1v) is 3.67. The second-order valence-corrected chi connectivity index (χ2v) is 2.45. The predicted molar refractivity (Wildman–Crippen MR) is 38.5 cm³/mol. The normalized spacial score (nSPS) is 23.8. The van der Waals surface area contributed by atoms with Crippen molar-refractivity contribution >= 4 is 6.29 Å². The van der Waals surface area contributed by atoms with Crippen LogP contribution in [0.25, 0.3) is 0 Å². The SMILES string of the molecule is O=CCCC1CCC=CO1. The molecule has 0 aromatic carbocycles. The predicted octanol–water partition coefficient (Wildman–Crippen LogP) is 1.66. The number of carbonyl (C=O) groups excluding carboxylic acids is 1. The summed E-state index contributed by atoms with van der Waals surface area (Å²) in [6.07, 6.45) is 8.62. The zero-order valence-corrected chi connectivity index (χ0v) is 5.95. The van der Waals surface area contributed by atoms with E-state index in [2.05, 4.69) is 0 Å². The number of carbonyl (C=O) groups is 1. The van der Waals surface area contributed by atoms with Crippen molar-refractivity contribution in [2.75, 3.05) is 0 Å². The Hall–Kier alpha value is -0.790. The van der Waals surface area contributed by atoms with Crippen molar-refractivity contribution in [3.63, 3.8) is 0 Å². The van der Waals surface area contributed by atoms with Crippen LogP contribution in [0.15, 0.2) is 12.3 Å². The maximum atomic E-state index is 9.97. The first-order chi connectivity index (χ1) is 4.93. The molecule has 1 aliphatic heterocycles. The van der Waals surface area contributed by atoms with Crippen LogP contribution in [0, 0.1) is 0 Å². The fourth-order valence-corrected chi connectivity index (χ4v) is 1.05. The van der Waals surface area contributed by atoms with E-state index >= 15 is 0 Å². The summed E-state index contributed by atoms with van der Waals surface area (Å²) in [7, 11) is 0. The second-order valence-electron chi connectivity index (χ2n) is 2.45. The Kier molecular flexibility index (Phi) is 3.00. The van der Waals surface area contributed by atoms with Gasteiger partial charge in [0.25, 0.3) is 0 Å². The number of hydrogen-bond donors (Lipinski definition) is 0. The second kappa shape index (κ2) is 4.09. The smallest absolute Gasteiger partial charge is 0.120 e. The third kappa shape index (κ3) is 2.21. The molecule has 2 heteroatoms. The molecule has 0 fully saturated rings. The van der Waals surface area contributed by atoms with Crippen LogP contribution >= 0.6 is 0 Å². The number of rotatable bonds is 3. The van der Waals surface area contributed by atoms with Gasteiger partial charge in [0.05, 0.1) is 12.4 Å². The van der Waals surface area contributed by atoms with Gasteiger partial charge < -0.3 is 9.53 Å². The molecule has 0 aromatic heterocycles. The molecule has 10 heavy (non-hydrogen) atoms. The van der Waals surface area contributed by atoms with Gasteiger partial charge in [-0.1, -0.05) is 0 Å². The molecule has 2 nitrogen and oxygen atoms in total. The molecule has 0 spiro atoms. The minimum absolute atomic E-state index is 0.287. The third-order valence-corrected chi connectivity index (χ3v) is 1.63. The maximum Gasteiger partial charge on any atom is 0.120 e. The lowest BCUT2D eigenvalue weighted by Gasteiger charge is -2.17. The van der Waals surface area contributed by atoms with Crippen LogP contribution in [-0.2, 0) is 9.53 Å². The number of hydrogen-bond acceptors (Lipinski definition) is 2. The molecule has 0 aromatic rings. The minimum atomic E-state index is 0.287. The van der Waals surface area contributed by atoms with E-state index < -0.39 is 0 Å². The molecule has 0 radical (unpaired) electrons. The van der Waals surface area contributed by atoms with E-state index in [4.69, 9.17) is 4.74 Å². The lowest BCUT2D eigenvalue weighted by Crippen LogP contribution is -2.12. The summed E-state index contributed by atoms with van der Waals surface area (Å²) in [5, 5.41) is 0. The Morgan fingerprint density at radius 2 is 2.60 bits per heavy atom. The highest BCUT2D eigenvalue weighted by molar-refractivity contribution is 5.49. The largest absolute Gasteiger partial charge is 0.498 e. The standard InChI is InChI=1S/C8H12O2/c9-6-3-5-8-4-1-2-7-10-8/h2,6-8H,1,3-5H2. The molecule has 0 saturated heterocycles. The van der Waals surface area contributed by atoms with Crippen LogP contribution in [0.2, 0.25) is 0 Å². The highest BCUT2D eigenvalue weighted by atomic mass is 16.5. The minimum Gasteiger partial charge on any atom is -0.498 e. The molecule has 56 valence electrons. The van der Waals surface area contributed by atoms with Crippen LogP contribution in [0.3, 0.4) is 0 Å². The summed E-state index contributed by atoms with van der Waals surface area (Å²) >= 11 is 0. The fourth-order valence-electron chi connectivity index (χ4n) is 1.05. The summed E-state index contributed by atoms with van der Waals surface area (Å²) in [5.74, 6) is 0. The van der Waals surface area contributed by atoms with Gasteiger partial charge in [0, 0.05) is 6.42 Å². The molecule has 1 rings (SSSR count). The van der Waals surface area contributed by atoms with Crippen molar-refractivity contribution in [2.45, 2.75) is 31.8 Å². The van der Waals surface area contributed by atoms with Gasteiger partial charge in [0.2, 0.25) is 0 Å². The number of aldehydes is 1. The van der Waals surface area contributed by atoms with Crippen molar-refractivity contribution in [1.82, 2.24) is 0 Å². The summed E-state index contributed by atoms with van der Waals surface area (Å²) in [6.45, 7) is 0. The molecular formula is C8H12O2. The third-order valence-electron chi connectivity index (χ3n) is 1.63. The van der Waals surface area contributed by atoms with Gasteiger partial charge >= 0.3 is 0 Å². The Balaban J connectivity index is 2.15. The van der Waals surface area contributed by atoms with Gasteiger partial charge in [-0.3, -0.25) is 0 Å². The number of allylic oxidation sites excluding steroid dienone is 1. The van der Waals surface area contributed by atoms with Gasteiger partial charge in [0.1, 0.15) is 6.29 Å². The Bertz CT molecular complexity index is 129. The molecule has 0 amide bonds. The van der Waals surface area contributed by atoms with Crippen molar-refractivity contribution in [3.8, 4) is 0 Å². The lowest BCUT2D eigenvalue weighted by molar-refractivity contribution is -0.108. The van der Waals surface area contributed by atoms with E-state index in [9.17, 15) is 4.79 Å². The topological polar surface area (TPSA) is 26.3 Å². The Morgan fingerprint density at radius 3 is 3.20 bits per heavy atom. The van der Waals surface area contributed by atoms with Crippen LogP contribution in [0.1, 0.15) is 25.7 Å². The van der Waals surface area contributed by atoms with E-state index in [0.717, 1.165) is 25.5 Å². The van der Waals surface area contributed by atoms with Gasteiger partial charge in [-0.15, -0.1) is 0 Å². The molecule has 1 aliphatic rings. The van der Waals surface area contributed by atoms with Crippen LogP contribution < -0.4 is 0 Å². The van der Waals surface area contributed by atoms with E-state index in [1.807, 2.05) is 6.08 Å². The highest BCUT2D eigenvalue weighted by Gasteiger charge is 2.08. The average molecular weight is 140 g/mol. The van der Waals surface area contributed by atoms with Crippen molar-refractivity contribution in [3.05, 3.63) is 12.3 Å². The van der Waals surface area contributed by atoms with E-state index in [1.165, 1.54) is 0 Å². The van der Waals surface area contributed by atoms with E-state index in [0.29, 0.717) is 6.42 Å². The summed E-state index contributed by atoms with van der Waals surface area (Å²) in [5.41, 5.74) is 0. The first kappa shape index (κ1) is 7.32. The van der Waals surface area contributed by atoms with Gasteiger partial charge in [-0.25, -0.2) is 0 Å². The zero-order valence-electron chi connectivity index (χ0n) is 5.95. The van der Waals surface area contributed by atoms with E-state index in [1.54, 1.807) is 6.26 Å². The summed E-state index contributed by atoms with van der Waals surface area (Å²) < 4.78 is 5.24. The van der Waals surface area contributed by atoms with Gasteiger partial charge in [0.15, 0.2) is 0 Å².